The Kier molecular flexibility index (Phi) is 5.16. The number of nitrogens with zero attached hydrogens (tertiary/aromatic N) is 1. The average Bonchev–Trinajstić information content (AvgIpc) is 2.66. The van der Waals surface area contributed by atoms with E-state index in [0.717, 1.165) is 38.0 Å². The van der Waals surface area contributed by atoms with Gasteiger partial charge in [0.1, 0.15) is 11.6 Å². The third-order valence-corrected chi connectivity index (χ3v) is 3.71. The monoisotopic (exact) mass is 266 g/mol. The summed E-state index contributed by atoms with van der Waals surface area (Å²) in [7, 11) is 1.56. The molecule has 106 valence electrons. The highest BCUT2D eigenvalue weighted by atomic mass is 19.1. The molecule has 0 radical (unpaired) electrons. The average molecular weight is 266 g/mol. The van der Waals surface area contributed by atoms with Gasteiger partial charge in [-0.3, -0.25) is 4.90 Å². The van der Waals surface area contributed by atoms with Crippen LogP contribution in [0.15, 0.2) is 18.2 Å². The van der Waals surface area contributed by atoms with Crippen molar-refractivity contribution in [2.45, 2.75) is 32.4 Å². The molecule has 0 aliphatic carbocycles. The van der Waals surface area contributed by atoms with Crippen molar-refractivity contribution in [2.75, 3.05) is 26.7 Å². The maximum absolute atomic E-state index is 14.0. The molecular formula is C15H23FN2O. The van der Waals surface area contributed by atoms with Crippen LogP contribution in [0.2, 0.25) is 0 Å². The SMILES string of the molecule is CCC1CN(Cc2ccc(OC)cc2F)CCCN1. The van der Waals surface area contributed by atoms with Gasteiger partial charge in [-0.1, -0.05) is 13.0 Å². The van der Waals surface area contributed by atoms with Gasteiger partial charge in [0.25, 0.3) is 0 Å². The molecule has 1 aromatic rings. The number of rotatable bonds is 4. The molecule has 1 N–H and O–H groups in total. The van der Waals surface area contributed by atoms with Crippen molar-refractivity contribution in [2.24, 2.45) is 0 Å². The maximum Gasteiger partial charge on any atom is 0.131 e. The van der Waals surface area contributed by atoms with E-state index < -0.39 is 0 Å². The Morgan fingerprint density at radius 1 is 1.47 bits per heavy atom. The largest absolute Gasteiger partial charge is 0.497 e. The van der Waals surface area contributed by atoms with Gasteiger partial charge in [0.15, 0.2) is 0 Å². The van der Waals surface area contributed by atoms with E-state index >= 15 is 0 Å². The molecule has 0 aromatic heterocycles. The number of hydrogen-bond donors (Lipinski definition) is 1. The van der Waals surface area contributed by atoms with E-state index in [2.05, 4.69) is 17.1 Å². The molecule has 2 rings (SSSR count). The van der Waals surface area contributed by atoms with Gasteiger partial charge in [-0.15, -0.1) is 0 Å². The third kappa shape index (κ3) is 3.91. The standard InChI is InChI=1S/C15H23FN2O/c1-3-13-11-18(8-4-7-17-13)10-12-5-6-14(19-2)9-15(12)16/h5-6,9,13,17H,3-4,7-8,10-11H2,1-2H3. The summed E-state index contributed by atoms with van der Waals surface area (Å²) in [6.07, 6.45) is 2.23. The Labute approximate surface area is 114 Å². The molecule has 1 aliphatic rings. The van der Waals surface area contributed by atoms with Crippen LogP contribution < -0.4 is 10.1 Å². The summed E-state index contributed by atoms with van der Waals surface area (Å²) in [6, 6.07) is 5.63. The Morgan fingerprint density at radius 3 is 3.00 bits per heavy atom. The minimum Gasteiger partial charge on any atom is -0.497 e. The maximum atomic E-state index is 14.0. The first-order valence-electron chi connectivity index (χ1n) is 7.01. The van der Waals surface area contributed by atoms with Gasteiger partial charge in [-0.05, 0) is 32.0 Å². The second-order valence-corrected chi connectivity index (χ2v) is 5.11. The minimum absolute atomic E-state index is 0.176. The smallest absolute Gasteiger partial charge is 0.131 e. The fraction of sp³-hybridized carbons (Fsp3) is 0.600. The van der Waals surface area contributed by atoms with E-state index in [-0.39, 0.29) is 5.82 Å². The molecule has 3 nitrogen and oxygen atoms in total. The topological polar surface area (TPSA) is 24.5 Å². The molecule has 4 heteroatoms. The molecule has 0 saturated carbocycles. The molecule has 19 heavy (non-hydrogen) atoms. The second-order valence-electron chi connectivity index (χ2n) is 5.11. The zero-order valence-electron chi connectivity index (χ0n) is 11.8. The van der Waals surface area contributed by atoms with Crippen molar-refractivity contribution in [1.82, 2.24) is 10.2 Å². The van der Waals surface area contributed by atoms with E-state index in [1.165, 1.54) is 6.07 Å². The normalized spacial score (nSPS) is 21.1. The van der Waals surface area contributed by atoms with Crippen LogP contribution in [-0.2, 0) is 6.54 Å². The summed E-state index contributed by atoms with van der Waals surface area (Å²) in [4.78, 5) is 2.33. The molecule has 1 aliphatic heterocycles. The van der Waals surface area contributed by atoms with Gasteiger partial charge >= 0.3 is 0 Å². The fourth-order valence-corrected chi connectivity index (χ4v) is 2.52. The second kappa shape index (κ2) is 6.87. The van der Waals surface area contributed by atoms with Crippen LogP contribution in [-0.4, -0.2) is 37.7 Å². The zero-order valence-corrected chi connectivity index (χ0v) is 11.8. The Bertz CT molecular complexity index is 411. The summed E-state index contributed by atoms with van der Waals surface area (Å²) >= 11 is 0. The highest BCUT2D eigenvalue weighted by Crippen LogP contribution is 2.18. The zero-order chi connectivity index (χ0) is 13.7. The van der Waals surface area contributed by atoms with Crippen LogP contribution in [0.25, 0.3) is 0 Å². The van der Waals surface area contributed by atoms with Crippen molar-refractivity contribution in [1.29, 1.82) is 0 Å². The number of nitrogens with one attached hydrogen (secondary N) is 1. The van der Waals surface area contributed by atoms with Gasteiger partial charge in [0.05, 0.1) is 7.11 Å². The number of ether oxygens (including phenoxy) is 1. The Hall–Kier alpha value is -1.13. The van der Waals surface area contributed by atoms with Crippen LogP contribution >= 0.6 is 0 Å². The lowest BCUT2D eigenvalue weighted by atomic mass is 10.1. The van der Waals surface area contributed by atoms with Crippen LogP contribution in [0.3, 0.4) is 0 Å². The van der Waals surface area contributed by atoms with E-state index in [0.29, 0.717) is 18.3 Å². The van der Waals surface area contributed by atoms with E-state index in [1.807, 2.05) is 12.1 Å². The summed E-state index contributed by atoms with van der Waals surface area (Å²) in [5, 5.41) is 3.52. The molecular weight excluding hydrogens is 243 g/mol. The van der Waals surface area contributed by atoms with Crippen LogP contribution in [0.5, 0.6) is 5.75 Å². The highest BCUT2D eigenvalue weighted by molar-refractivity contribution is 5.28. The highest BCUT2D eigenvalue weighted by Gasteiger charge is 2.17. The minimum atomic E-state index is -0.176. The Balaban J connectivity index is 2.03. The van der Waals surface area contributed by atoms with Crippen LogP contribution in [0, 0.1) is 5.82 Å². The summed E-state index contributed by atoms with van der Waals surface area (Å²) in [6.45, 7) is 5.93. The van der Waals surface area contributed by atoms with Gasteiger partial charge in [0.2, 0.25) is 0 Å². The van der Waals surface area contributed by atoms with E-state index in [1.54, 1.807) is 7.11 Å². The van der Waals surface area contributed by atoms with Crippen molar-refractivity contribution < 1.29 is 9.13 Å². The lowest BCUT2D eigenvalue weighted by Crippen LogP contribution is -2.36. The first-order valence-corrected chi connectivity index (χ1v) is 7.01. The first-order chi connectivity index (χ1) is 9.22. The number of halogens is 1. The van der Waals surface area contributed by atoms with E-state index in [9.17, 15) is 4.39 Å². The summed E-state index contributed by atoms with van der Waals surface area (Å²) in [5.74, 6) is 0.398. The fourth-order valence-electron chi connectivity index (χ4n) is 2.52. The molecule has 1 aromatic carbocycles. The van der Waals surface area contributed by atoms with Crippen molar-refractivity contribution >= 4 is 0 Å². The number of hydrogen-bond acceptors (Lipinski definition) is 3. The predicted octanol–water partition coefficient (Wildman–Crippen LogP) is 2.41. The lowest BCUT2D eigenvalue weighted by molar-refractivity contribution is 0.254. The molecule has 1 atom stereocenters. The lowest BCUT2D eigenvalue weighted by Gasteiger charge is -2.24. The molecule has 0 bridgehead atoms. The van der Waals surface area contributed by atoms with Crippen molar-refractivity contribution in [3.8, 4) is 5.75 Å². The van der Waals surface area contributed by atoms with Crippen LogP contribution in [0.1, 0.15) is 25.3 Å². The van der Waals surface area contributed by atoms with Gasteiger partial charge < -0.3 is 10.1 Å². The van der Waals surface area contributed by atoms with E-state index in [4.69, 9.17) is 4.74 Å². The first kappa shape index (κ1) is 14.3. The molecule has 1 saturated heterocycles. The predicted molar refractivity (Wildman–Crippen MR) is 74.9 cm³/mol. The quantitative estimate of drug-likeness (QED) is 0.905. The molecule has 1 fully saturated rings. The van der Waals surface area contributed by atoms with Gasteiger partial charge in [0, 0.05) is 30.8 Å². The van der Waals surface area contributed by atoms with Gasteiger partial charge in [-0.25, -0.2) is 4.39 Å². The molecule has 0 spiro atoms. The van der Waals surface area contributed by atoms with Crippen molar-refractivity contribution in [3.63, 3.8) is 0 Å². The van der Waals surface area contributed by atoms with Crippen molar-refractivity contribution in [3.05, 3.63) is 29.6 Å². The molecule has 0 amide bonds. The Morgan fingerprint density at radius 2 is 2.32 bits per heavy atom. The number of methoxy groups -OCH3 is 1. The summed E-state index contributed by atoms with van der Waals surface area (Å²) < 4.78 is 19.0. The van der Waals surface area contributed by atoms with Crippen LogP contribution in [0.4, 0.5) is 4.39 Å². The van der Waals surface area contributed by atoms with Gasteiger partial charge in [-0.2, -0.15) is 0 Å². The molecule has 1 unspecified atom stereocenters. The third-order valence-electron chi connectivity index (χ3n) is 3.71. The summed E-state index contributed by atoms with van der Waals surface area (Å²) in [5.41, 5.74) is 0.748. The molecule has 1 heterocycles. The number of benzene rings is 1.